The van der Waals surface area contributed by atoms with Crippen LogP contribution < -0.4 is 9.47 Å². The molecule has 0 radical (unpaired) electrons. The lowest BCUT2D eigenvalue weighted by molar-refractivity contribution is 0.0727. The first-order valence-electron chi connectivity index (χ1n) is 12.1. The Hall–Kier alpha value is -2.88. The summed E-state index contributed by atoms with van der Waals surface area (Å²) in [5.74, 6) is 1.98. The minimum absolute atomic E-state index is 0.101. The van der Waals surface area contributed by atoms with Gasteiger partial charge in [-0.25, -0.2) is 9.18 Å². The van der Waals surface area contributed by atoms with Crippen LogP contribution in [0, 0.1) is 23.6 Å². The van der Waals surface area contributed by atoms with Crippen molar-refractivity contribution in [2.24, 2.45) is 17.8 Å². The summed E-state index contributed by atoms with van der Waals surface area (Å²) in [6.07, 6.45) is 13.4. The minimum Gasteiger partial charge on any atom is -0.489 e. The number of hydrogen-bond donors (Lipinski definition) is 0. The fraction of sp³-hybridized carbons (Fsp3) is 0.414. The van der Waals surface area contributed by atoms with Crippen molar-refractivity contribution in [2.75, 3.05) is 6.61 Å². The van der Waals surface area contributed by atoms with Crippen molar-refractivity contribution in [1.29, 1.82) is 0 Å². The Bertz CT molecular complexity index is 994. The molecule has 2 saturated carbocycles. The third-order valence-electron chi connectivity index (χ3n) is 7.29. The number of fused-ring (bicyclic) bond motifs is 1. The number of esters is 1. The number of halogens is 1. The number of hydrogen-bond acceptors (Lipinski definition) is 3. The van der Waals surface area contributed by atoms with Crippen LogP contribution in [0.3, 0.4) is 0 Å². The van der Waals surface area contributed by atoms with E-state index in [-0.39, 0.29) is 5.75 Å². The zero-order valence-corrected chi connectivity index (χ0v) is 19.3. The van der Waals surface area contributed by atoms with Gasteiger partial charge in [0, 0.05) is 6.07 Å². The third-order valence-corrected chi connectivity index (χ3v) is 7.29. The summed E-state index contributed by atoms with van der Waals surface area (Å²) in [5, 5.41) is 0. The smallest absolute Gasteiger partial charge is 0.343 e. The van der Waals surface area contributed by atoms with E-state index in [1.54, 1.807) is 18.2 Å². The van der Waals surface area contributed by atoms with E-state index in [0.717, 1.165) is 11.8 Å². The summed E-state index contributed by atoms with van der Waals surface area (Å²) >= 11 is 0. The molecule has 0 N–H and O–H groups in total. The number of carbonyl (C=O) groups excluding carboxylic acids is 1. The second-order valence-corrected chi connectivity index (χ2v) is 9.32. The van der Waals surface area contributed by atoms with Gasteiger partial charge in [0.2, 0.25) is 0 Å². The van der Waals surface area contributed by atoms with E-state index >= 15 is 0 Å². The van der Waals surface area contributed by atoms with E-state index in [1.807, 2.05) is 31.2 Å². The zero-order valence-electron chi connectivity index (χ0n) is 19.3. The fourth-order valence-corrected chi connectivity index (χ4v) is 5.39. The van der Waals surface area contributed by atoms with Gasteiger partial charge in [0.05, 0.1) is 5.56 Å². The average molecular weight is 449 g/mol. The molecule has 2 fully saturated rings. The number of carbonyl (C=O) groups is 1. The molecule has 0 saturated heterocycles. The Morgan fingerprint density at radius 2 is 1.82 bits per heavy atom. The highest BCUT2D eigenvalue weighted by atomic mass is 19.1. The molecule has 0 aromatic heterocycles. The summed E-state index contributed by atoms with van der Waals surface area (Å²) in [6.45, 7) is 6.24. The number of ether oxygens (including phenoxy) is 2. The van der Waals surface area contributed by atoms with Gasteiger partial charge in [-0.15, -0.1) is 6.58 Å². The summed E-state index contributed by atoms with van der Waals surface area (Å²) in [4.78, 5) is 12.6. The summed E-state index contributed by atoms with van der Waals surface area (Å²) in [5.41, 5.74) is 1.70. The van der Waals surface area contributed by atoms with E-state index in [2.05, 4.69) is 12.7 Å². The van der Waals surface area contributed by atoms with Crippen LogP contribution in [0.25, 0.3) is 0 Å². The van der Waals surface area contributed by atoms with Gasteiger partial charge in [-0.3, -0.25) is 0 Å². The maximum atomic E-state index is 14.3. The standard InChI is InChI=1S/C29H33FO3/c1-3-5-16-32-26-14-15-28(27(30)19-26)33-29(31)22-10-8-21(9-11-22)24-13-12-23-17-20(4-2)6-7-25(23)18-24/h3-5,8-11,14-15,19-20,23-25H,2,6-7,12-13,16-18H2,1H3/b5-3+. The molecule has 3 nitrogen and oxygen atoms in total. The summed E-state index contributed by atoms with van der Waals surface area (Å²) in [7, 11) is 0. The molecule has 2 aliphatic rings. The first-order valence-corrected chi connectivity index (χ1v) is 12.1. The molecule has 174 valence electrons. The van der Waals surface area contributed by atoms with Gasteiger partial charge in [0.15, 0.2) is 11.6 Å². The zero-order chi connectivity index (χ0) is 23.2. The van der Waals surface area contributed by atoms with Gasteiger partial charge < -0.3 is 9.47 Å². The fourth-order valence-electron chi connectivity index (χ4n) is 5.39. The van der Waals surface area contributed by atoms with Gasteiger partial charge in [-0.05, 0) is 98.9 Å². The molecule has 0 aliphatic heterocycles. The predicted octanol–water partition coefficient (Wildman–Crippen LogP) is 7.49. The van der Waals surface area contributed by atoms with Crippen LogP contribution in [0.4, 0.5) is 4.39 Å². The van der Waals surface area contributed by atoms with Gasteiger partial charge in [-0.1, -0.05) is 30.4 Å². The minimum atomic E-state index is -0.624. The Morgan fingerprint density at radius 1 is 1.06 bits per heavy atom. The van der Waals surface area contributed by atoms with Crippen molar-refractivity contribution < 1.29 is 18.7 Å². The lowest BCUT2D eigenvalue weighted by Gasteiger charge is -2.41. The number of benzene rings is 2. The van der Waals surface area contributed by atoms with Crippen molar-refractivity contribution in [3.8, 4) is 11.5 Å². The molecular weight excluding hydrogens is 415 g/mol. The molecule has 0 heterocycles. The van der Waals surface area contributed by atoms with Gasteiger partial charge in [-0.2, -0.15) is 0 Å². The van der Waals surface area contributed by atoms with Crippen LogP contribution in [0.15, 0.2) is 67.3 Å². The van der Waals surface area contributed by atoms with E-state index in [9.17, 15) is 9.18 Å². The van der Waals surface area contributed by atoms with Crippen molar-refractivity contribution in [1.82, 2.24) is 0 Å². The maximum absolute atomic E-state index is 14.3. The maximum Gasteiger partial charge on any atom is 0.343 e. The van der Waals surface area contributed by atoms with Crippen LogP contribution in [-0.2, 0) is 0 Å². The quantitative estimate of drug-likeness (QED) is 0.250. The van der Waals surface area contributed by atoms with Crippen molar-refractivity contribution in [2.45, 2.75) is 51.4 Å². The van der Waals surface area contributed by atoms with E-state index in [0.29, 0.717) is 29.8 Å². The van der Waals surface area contributed by atoms with Crippen LogP contribution in [0.2, 0.25) is 0 Å². The Morgan fingerprint density at radius 3 is 2.55 bits per heavy atom. The van der Waals surface area contributed by atoms with Crippen LogP contribution in [-0.4, -0.2) is 12.6 Å². The highest BCUT2D eigenvalue weighted by Gasteiger charge is 2.35. The molecule has 2 aliphatic carbocycles. The Balaban J connectivity index is 1.34. The molecular formula is C29H33FO3. The topological polar surface area (TPSA) is 35.5 Å². The van der Waals surface area contributed by atoms with E-state index < -0.39 is 11.8 Å². The third kappa shape index (κ3) is 5.73. The Kier molecular flexibility index (Phi) is 7.64. The van der Waals surface area contributed by atoms with Gasteiger partial charge in [0.1, 0.15) is 12.4 Å². The van der Waals surface area contributed by atoms with Crippen LogP contribution in [0.1, 0.15) is 67.3 Å². The van der Waals surface area contributed by atoms with Gasteiger partial charge in [0.25, 0.3) is 0 Å². The molecule has 4 rings (SSSR count). The van der Waals surface area contributed by atoms with E-state index in [4.69, 9.17) is 9.47 Å². The summed E-state index contributed by atoms with van der Waals surface area (Å²) < 4.78 is 25.1. The second kappa shape index (κ2) is 10.8. The van der Waals surface area contributed by atoms with Crippen molar-refractivity contribution in [3.05, 3.63) is 84.2 Å². The molecule has 4 atom stereocenters. The lowest BCUT2D eigenvalue weighted by Crippen LogP contribution is -2.29. The van der Waals surface area contributed by atoms with Crippen LogP contribution in [0.5, 0.6) is 11.5 Å². The molecule has 2 aromatic rings. The van der Waals surface area contributed by atoms with Crippen LogP contribution >= 0.6 is 0 Å². The molecule has 2 aromatic carbocycles. The van der Waals surface area contributed by atoms with Gasteiger partial charge >= 0.3 is 5.97 Å². The molecule has 0 amide bonds. The van der Waals surface area contributed by atoms with Crippen molar-refractivity contribution >= 4 is 5.97 Å². The predicted molar refractivity (Wildman–Crippen MR) is 129 cm³/mol. The highest BCUT2D eigenvalue weighted by Crippen LogP contribution is 2.47. The largest absolute Gasteiger partial charge is 0.489 e. The summed E-state index contributed by atoms with van der Waals surface area (Å²) in [6, 6.07) is 11.9. The number of rotatable bonds is 7. The lowest BCUT2D eigenvalue weighted by atomic mass is 9.64. The molecule has 0 bridgehead atoms. The number of allylic oxidation sites excluding steroid dienone is 2. The van der Waals surface area contributed by atoms with E-state index in [1.165, 1.54) is 56.2 Å². The SMILES string of the molecule is C=CC1CCC2CC(c3ccc(C(=O)Oc4ccc(OC/C=C/C)cc4F)cc3)CCC2C1. The molecule has 4 unspecified atom stereocenters. The highest BCUT2D eigenvalue weighted by molar-refractivity contribution is 5.91. The first kappa shape index (κ1) is 23.3. The second-order valence-electron chi connectivity index (χ2n) is 9.32. The molecule has 4 heteroatoms. The molecule has 0 spiro atoms. The average Bonchev–Trinajstić information content (AvgIpc) is 2.85. The first-order chi connectivity index (χ1) is 16.1. The monoisotopic (exact) mass is 448 g/mol. The normalized spacial score (nSPS) is 24.8. The Labute approximate surface area is 196 Å². The molecule has 33 heavy (non-hydrogen) atoms. The van der Waals surface area contributed by atoms with Crippen molar-refractivity contribution in [3.63, 3.8) is 0 Å².